The van der Waals surface area contributed by atoms with Gasteiger partial charge in [0.05, 0.1) is 12.8 Å². The van der Waals surface area contributed by atoms with Crippen LogP contribution >= 0.6 is 0 Å². The lowest BCUT2D eigenvalue weighted by Gasteiger charge is -2.42. The van der Waals surface area contributed by atoms with Gasteiger partial charge < -0.3 is 14.5 Å². The molecule has 3 heteroatoms. The fourth-order valence-corrected chi connectivity index (χ4v) is 8.06. The second kappa shape index (κ2) is 9.61. The van der Waals surface area contributed by atoms with Gasteiger partial charge in [-0.2, -0.15) is 0 Å². The Kier molecular flexibility index (Phi) is 5.58. The van der Waals surface area contributed by atoms with Crippen molar-refractivity contribution in [1.29, 1.82) is 0 Å². The van der Waals surface area contributed by atoms with Crippen LogP contribution in [0, 0.1) is 0 Å². The number of nitrogens with zero attached hydrogens (tertiary/aromatic N) is 2. The quantitative estimate of drug-likeness (QED) is 0.192. The van der Waals surface area contributed by atoms with Gasteiger partial charge in [0.2, 0.25) is 0 Å². The summed E-state index contributed by atoms with van der Waals surface area (Å²) in [6.45, 7) is 4.76. The molecule has 3 aliphatic rings. The topological polar surface area (TPSA) is 15.7 Å². The second-order valence-electron chi connectivity index (χ2n) is 12.9. The van der Waals surface area contributed by atoms with Gasteiger partial charge in [0.15, 0.2) is 0 Å². The van der Waals surface area contributed by atoms with Gasteiger partial charge in [-0.3, -0.25) is 0 Å². The first-order chi connectivity index (χ1) is 22.0. The SMILES string of the molecule is COc1ccc(N(c2ccc3c(c2)C2CC=CC4=C2N3c2ccccc2C4(C)C)c2cc3ccccc3c3ccccc23)cc1. The van der Waals surface area contributed by atoms with Gasteiger partial charge in [0, 0.05) is 45.2 Å². The summed E-state index contributed by atoms with van der Waals surface area (Å²) in [7, 11) is 1.72. The fourth-order valence-electron chi connectivity index (χ4n) is 8.06. The molecule has 0 bridgehead atoms. The van der Waals surface area contributed by atoms with Crippen LogP contribution in [0.2, 0.25) is 0 Å². The van der Waals surface area contributed by atoms with Crippen LogP contribution in [-0.4, -0.2) is 7.11 Å². The molecule has 3 nitrogen and oxygen atoms in total. The van der Waals surface area contributed by atoms with E-state index in [1.807, 2.05) is 0 Å². The standard InChI is InChI=1S/C42H34N2O/c1-42(2)36-16-8-9-18-39(36)44-38-24-21-29(26-35(38)34-15-10-17-37(42)41(34)44)43(28-19-22-30(45-3)23-20-28)40-25-27-11-4-5-12-31(27)32-13-6-7-14-33(32)40/h4-14,16-26,34H,15H2,1-3H3. The van der Waals surface area contributed by atoms with E-state index in [2.05, 4.69) is 157 Å². The molecule has 218 valence electrons. The van der Waals surface area contributed by atoms with Gasteiger partial charge in [0.1, 0.15) is 5.75 Å². The van der Waals surface area contributed by atoms with Crippen molar-refractivity contribution >= 4 is 50.0 Å². The number of allylic oxidation sites excluding steroid dienone is 4. The van der Waals surface area contributed by atoms with Crippen molar-refractivity contribution < 1.29 is 4.74 Å². The predicted octanol–water partition coefficient (Wildman–Crippen LogP) is 11.2. The number of para-hydroxylation sites is 1. The molecule has 6 aromatic carbocycles. The van der Waals surface area contributed by atoms with Crippen LogP contribution in [0.1, 0.15) is 37.3 Å². The van der Waals surface area contributed by atoms with E-state index in [-0.39, 0.29) is 5.41 Å². The highest BCUT2D eigenvalue weighted by molar-refractivity contribution is 6.14. The van der Waals surface area contributed by atoms with Crippen LogP contribution in [0.25, 0.3) is 21.5 Å². The molecule has 0 amide bonds. The van der Waals surface area contributed by atoms with Crippen molar-refractivity contribution in [3.63, 3.8) is 0 Å². The maximum absolute atomic E-state index is 5.56. The van der Waals surface area contributed by atoms with Crippen LogP contribution in [0.4, 0.5) is 28.4 Å². The zero-order chi connectivity index (χ0) is 30.3. The molecule has 2 aliphatic heterocycles. The lowest BCUT2D eigenvalue weighted by Crippen LogP contribution is -2.33. The summed E-state index contributed by atoms with van der Waals surface area (Å²) in [5, 5.41) is 4.99. The summed E-state index contributed by atoms with van der Waals surface area (Å²) in [5.74, 6) is 1.17. The summed E-state index contributed by atoms with van der Waals surface area (Å²) in [4.78, 5) is 4.98. The summed E-state index contributed by atoms with van der Waals surface area (Å²) in [6.07, 6.45) is 5.77. The zero-order valence-corrected chi connectivity index (χ0v) is 25.8. The highest BCUT2D eigenvalue weighted by Crippen LogP contribution is 2.60. The Labute approximate surface area is 264 Å². The van der Waals surface area contributed by atoms with Crippen LogP contribution in [0.15, 0.2) is 145 Å². The lowest BCUT2D eigenvalue weighted by atomic mass is 9.70. The van der Waals surface area contributed by atoms with E-state index in [9.17, 15) is 0 Å². The first-order valence-corrected chi connectivity index (χ1v) is 15.8. The van der Waals surface area contributed by atoms with Gasteiger partial charge >= 0.3 is 0 Å². The monoisotopic (exact) mass is 582 g/mol. The number of anilines is 5. The van der Waals surface area contributed by atoms with E-state index in [4.69, 9.17) is 4.74 Å². The number of hydrogen-bond donors (Lipinski definition) is 0. The number of rotatable bonds is 4. The van der Waals surface area contributed by atoms with E-state index >= 15 is 0 Å². The van der Waals surface area contributed by atoms with Crippen molar-refractivity contribution in [2.75, 3.05) is 16.9 Å². The first kappa shape index (κ1) is 26.2. The molecule has 45 heavy (non-hydrogen) atoms. The van der Waals surface area contributed by atoms with E-state index in [0.29, 0.717) is 5.92 Å². The smallest absolute Gasteiger partial charge is 0.119 e. The summed E-state index contributed by atoms with van der Waals surface area (Å²) in [5.41, 5.74) is 11.6. The normalized spacial score (nSPS) is 17.3. The summed E-state index contributed by atoms with van der Waals surface area (Å²) >= 11 is 0. The Hall–Kier alpha value is -5.28. The van der Waals surface area contributed by atoms with Crippen LogP contribution in [0.3, 0.4) is 0 Å². The average Bonchev–Trinajstić information content (AvgIpc) is 3.42. The first-order valence-electron chi connectivity index (χ1n) is 15.8. The third-order valence-corrected chi connectivity index (χ3v) is 10.2. The number of benzene rings is 6. The minimum atomic E-state index is -0.0540. The molecule has 0 spiro atoms. The van der Waals surface area contributed by atoms with Gasteiger partial charge in [-0.15, -0.1) is 0 Å². The molecule has 6 aromatic rings. The molecule has 0 N–H and O–H groups in total. The van der Waals surface area contributed by atoms with E-state index < -0.39 is 0 Å². The molecule has 0 saturated heterocycles. The predicted molar refractivity (Wildman–Crippen MR) is 188 cm³/mol. The van der Waals surface area contributed by atoms with Crippen LogP contribution in [0.5, 0.6) is 5.75 Å². The minimum absolute atomic E-state index is 0.0540. The molecule has 1 aliphatic carbocycles. The third-order valence-electron chi connectivity index (χ3n) is 10.2. The Balaban J connectivity index is 1.29. The van der Waals surface area contributed by atoms with E-state index in [0.717, 1.165) is 23.5 Å². The molecule has 0 aromatic heterocycles. The molecule has 1 atom stereocenters. The van der Waals surface area contributed by atoms with Crippen LogP contribution in [-0.2, 0) is 5.41 Å². The number of methoxy groups -OCH3 is 1. The number of ether oxygens (including phenoxy) is 1. The van der Waals surface area contributed by atoms with Gasteiger partial charge in [-0.05, 0) is 93.9 Å². The Morgan fingerprint density at radius 2 is 1.42 bits per heavy atom. The van der Waals surface area contributed by atoms with Gasteiger partial charge in [-0.1, -0.05) is 92.7 Å². The number of fused-ring (bicyclic) bond motifs is 8. The third kappa shape index (κ3) is 3.70. The minimum Gasteiger partial charge on any atom is -0.497 e. The molecule has 1 unspecified atom stereocenters. The fraction of sp³-hybridized carbons (Fsp3) is 0.143. The maximum atomic E-state index is 5.56. The second-order valence-corrected chi connectivity index (χ2v) is 12.9. The van der Waals surface area contributed by atoms with Crippen molar-refractivity contribution in [3.8, 4) is 5.75 Å². The number of hydrogen-bond acceptors (Lipinski definition) is 3. The molecule has 0 radical (unpaired) electrons. The van der Waals surface area contributed by atoms with Gasteiger partial charge in [-0.25, -0.2) is 0 Å². The van der Waals surface area contributed by atoms with E-state index in [1.165, 1.54) is 61.0 Å². The van der Waals surface area contributed by atoms with Crippen molar-refractivity contribution in [2.24, 2.45) is 0 Å². The zero-order valence-electron chi connectivity index (χ0n) is 25.8. The highest BCUT2D eigenvalue weighted by atomic mass is 16.5. The molecule has 2 heterocycles. The molecule has 9 rings (SSSR count). The van der Waals surface area contributed by atoms with Gasteiger partial charge in [0.25, 0.3) is 0 Å². The lowest BCUT2D eigenvalue weighted by molar-refractivity contribution is 0.415. The Morgan fingerprint density at radius 3 is 2.24 bits per heavy atom. The average molecular weight is 583 g/mol. The summed E-state index contributed by atoms with van der Waals surface area (Å²) < 4.78 is 5.56. The highest BCUT2D eigenvalue weighted by Gasteiger charge is 2.46. The van der Waals surface area contributed by atoms with Crippen molar-refractivity contribution in [1.82, 2.24) is 0 Å². The molecule has 0 fully saturated rings. The molecular formula is C42H34N2O. The maximum Gasteiger partial charge on any atom is 0.119 e. The summed E-state index contributed by atoms with van der Waals surface area (Å²) in [6, 6.07) is 44.4. The van der Waals surface area contributed by atoms with Crippen molar-refractivity contribution in [3.05, 3.63) is 156 Å². The molecule has 0 saturated carbocycles. The molecular weight excluding hydrogens is 548 g/mol. The Bertz CT molecular complexity index is 2220. The van der Waals surface area contributed by atoms with Crippen LogP contribution < -0.4 is 14.5 Å². The van der Waals surface area contributed by atoms with E-state index in [1.54, 1.807) is 7.11 Å². The van der Waals surface area contributed by atoms with Crippen molar-refractivity contribution in [2.45, 2.75) is 31.6 Å². The largest absolute Gasteiger partial charge is 0.497 e. The Morgan fingerprint density at radius 1 is 0.711 bits per heavy atom.